The average molecular weight is 264 g/mol. The highest BCUT2D eigenvalue weighted by atomic mass is 35.5. The molecular weight excluding hydrogens is 250 g/mol. The van der Waals surface area contributed by atoms with Crippen LogP contribution in [0.5, 0.6) is 11.5 Å². The molecule has 0 saturated heterocycles. The fourth-order valence-corrected chi connectivity index (χ4v) is 1.68. The second-order valence-electron chi connectivity index (χ2n) is 3.63. The number of benzene rings is 1. The molecule has 94 valence electrons. The molecule has 0 bridgehead atoms. The van der Waals surface area contributed by atoms with Gasteiger partial charge in [-0.05, 0) is 18.2 Å². The van der Waals surface area contributed by atoms with Crippen LogP contribution in [0, 0.1) is 0 Å². The predicted octanol–water partition coefficient (Wildman–Crippen LogP) is 3.28. The van der Waals surface area contributed by atoms with Crippen molar-refractivity contribution in [3.8, 4) is 11.5 Å². The Morgan fingerprint density at radius 1 is 1.00 bits per heavy atom. The molecule has 0 amide bonds. The Hall–Kier alpha value is -1.74. The number of ether oxygens (including phenoxy) is 2. The smallest absolute Gasteiger partial charge is 0.126 e. The molecule has 18 heavy (non-hydrogen) atoms. The molecule has 1 aromatic heterocycles. The van der Waals surface area contributed by atoms with Crippen LogP contribution in [0.4, 0.5) is 0 Å². The zero-order chi connectivity index (χ0) is 12.6. The number of halogens is 1. The van der Waals surface area contributed by atoms with E-state index in [1.807, 2.05) is 30.3 Å². The molecule has 0 N–H and O–H groups in total. The molecule has 0 radical (unpaired) electrons. The van der Waals surface area contributed by atoms with Crippen LogP contribution in [-0.4, -0.2) is 18.2 Å². The molecule has 0 saturated carbocycles. The van der Waals surface area contributed by atoms with Crippen molar-refractivity contribution >= 4 is 11.6 Å². The van der Waals surface area contributed by atoms with E-state index in [9.17, 15) is 0 Å². The molecule has 2 aromatic rings. The third-order valence-electron chi connectivity index (χ3n) is 2.36. The summed E-state index contributed by atoms with van der Waals surface area (Å²) in [6.45, 7) is 0.969. The van der Waals surface area contributed by atoms with Gasteiger partial charge in [-0.15, -0.1) is 11.6 Å². The zero-order valence-corrected chi connectivity index (χ0v) is 10.6. The molecule has 0 spiro atoms. The van der Waals surface area contributed by atoms with Crippen molar-refractivity contribution in [3.63, 3.8) is 0 Å². The van der Waals surface area contributed by atoms with Crippen molar-refractivity contribution in [2.75, 3.05) is 13.2 Å². The maximum atomic E-state index is 5.79. The molecule has 1 heterocycles. The van der Waals surface area contributed by atoms with Crippen LogP contribution in [0.2, 0.25) is 0 Å². The second kappa shape index (κ2) is 6.87. The summed E-state index contributed by atoms with van der Waals surface area (Å²) in [5.74, 6) is 1.99. The van der Waals surface area contributed by atoms with Gasteiger partial charge in [-0.25, -0.2) is 0 Å². The Morgan fingerprint density at radius 2 is 1.78 bits per heavy atom. The monoisotopic (exact) mass is 263 g/mol. The third-order valence-corrected chi connectivity index (χ3v) is 2.64. The summed E-state index contributed by atoms with van der Waals surface area (Å²) in [5, 5.41) is 0. The fourth-order valence-electron chi connectivity index (χ4n) is 1.48. The Kier molecular flexibility index (Phi) is 4.85. The molecule has 0 atom stereocenters. The number of nitrogens with zero attached hydrogens (tertiary/aromatic N) is 1. The molecule has 4 heteroatoms. The van der Waals surface area contributed by atoms with Crippen LogP contribution in [0.25, 0.3) is 0 Å². The Balaban J connectivity index is 1.78. The number of hydrogen-bond acceptors (Lipinski definition) is 3. The summed E-state index contributed by atoms with van der Waals surface area (Å²) in [6, 6.07) is 11.5. The minimum atomic E-state index is 0.392. The summed E-state index contributed by atoms with van der Waals surface area (Å²) in [4.78, 5) is 4.00. The van der Waals surface area contributed by atoms with Crippen molar-refractivity contribution in [2.45, 2.75) is 5.88 Å². The van der Waals surface area contributed by atoms with Crippen molar-refractivity contribution in [2.24, 2.45) is 0 Å². The van der Waals surface area contributed by atoms with E-state index in [4.69, 9.17) is 21.1 Å². The van der Waals surface area contributed by atoms with Crippen molar-refractivity contribution in [1.82, 2.24) is 4.98 Å². The summed E-state index contributed by atoms with van der Waals surface area (Å²) in [6.07, 6.45) is 3.39. The van der Waals surface area contributed by atoms with E-state index in [2.05, 4.69) is 4.98 Å². The van der Waals surface area contributed by atoms with Gasteiger partial charge in [0, 0.05) is 18.0 Å². The van der Waals surface area contributed by atoms with E-state index in [1.165, 1.54) is 0 Å². The van der Waals surface area contributed by atoms with Crippen LogP contribution in [0.15, 0.2) is 48.8 Å². The first kappa shape index (κ1) is 12.7. The number of pyridine rings is 1. The second-order valence-corrected chi connectivity index (χ2v) is 3.89. The highest BCUT2D eigenvalue weighted by Crippen LogP contribution is 2.18. The normalized spacial score (nSPS) is 10.1. The summed E-state index contributed by atoms with van der Waals surface area (Å²) >= 11 is 5.79. The number of hydrogen-bond donors (Lipinski definition) is 0. The van der Waals surface area contributed by atoms with Gasteiger partial charge >= 0.3 is 0 Å². The van der Waals surface area contributed by atoms with Crippen molar-refractivity contribution < 1.29 is 9.47 Å². The van der Waals surface area contributed by atoms with Crippen LogP contribution in [0.1, 0.15) is 5.56 Å². The lowest BCUT2D eigenvalue weighted by Gasteiger charge is -2.10. The molecule has 0 aliphatic rings. The zero-order valence-electron chi connectivity index (χ0n) is 9.88. The van der Waals surface area contributed by atoms with E-state index < -0.39 is 0 Å². The van der Waals surface area contributed by atoms with E-state index in [0.29, 0.717) is 19.1 Å². The van der Waals surface area contributed by atoms with Crippen LogP contribution in [0.3, 0.4) is 0 Å². The van der Waals surface area contributed by atoms with Gasteiger partial charge in [-0.3, -0.25) is 4.98 Å². The molecule has 0 aliphatic heterocycles. The minimum absolute atomic E-state index is 0.392. The van der Waals surface area contributed by atoms with Crippen molar-refractivity contribution in [3.05, 3.63) is 54.4 Å². The Morgan fingerprint density at radius 3 is 2.56 bits per heavy atom. The summed E-state index contributed by atoms with van der Waals surface area (Å²) in [5.41, 5.74) is 0.888. The molecule has 0 aliphatic carbocycles. The highest BCUT2D eigenvalue weighted by molar-refractivity contribution is 6.17. The lowest BCUT2D eigenvalue weighted by Crippen LogP contribution is -2.09. The molecule has 3 nitrogen and oxygen atoms in total. The maximum Gasteiger partial charge on any atom is 0.126 e. The first-order valence-corrected chi connectivity index (χ1v) is 6.23. The van der Waals surface area contributed by atoms with Gasteiger partial charge in [0.15, 0.2) is 0 Å². The number of para-hydroxylation sites is 1. The first-order chi connectivity index (χ1) is 8.90. The topological polar surface area (TPSA) is 31.4 Å². The van der Waals surface area contributed by atoms with Gasteiger partial charge in [-0.2, -0.15) is 0 Å². The average Bonchev–Trinajstić information content (AvgIpc) is 2.45. The predicted molar refractivity (Wildman–Crippen MR) is 71.2 cm³/mol. The van der Waals surface area contributed by atoms with Gasteiger partial charge in [-0.1, -0.05) is 18.2 Å². The Labute approximate surface area is 111 Å². The van der Waals surface area contributed by atoms with Crippen LogP contribution in [-0.2, 0) is 5.88 Å². The molecule has 0 unspecified atom stereocenters. The van der Waals surface area contributed by atoms with E-state index in [-0.39, 0.29) is 0 Å². The molecule has 1 aromatic carbocycles. The summed E-state index contributed by atoms with van der Waals surface area (Å²) in [7, 11) is 0. The number of rotatable bonds is 6. The van der Waals surface area contributed by atoms with E-state index in [0.717, 1.165) is 17.1 Å². The largest absolute Gasteiger partial charge is 0.490 e. The number of alkyl halides is 1. The molecule has 2 rings (SSSR count). The van der Waals surface area contributed by atoms with Gasteiger partial charge in [0.1, 0.15) is 24.7 Å². The standard InChI is InChI=1S/C14H14ClNO2/c15-10-12-11-16-7-6-14(12)18-9-8-17-13-4-2-1-3-5-13/h1-7,11H,8-10H2. The quantitative estimate of drug-likeness (QED) is 0.592. The molecule has 0 fully saturated rings. The van der Waals surface area contributed by atoms with Gasteiger partial charge in [0.25, 0.3) is 0 Å². The van der Waals surface area contributed by atoms with E-state index in [1.54, 1.807) is 18.5 Å². The third kappa shape index (κ3) is 3.64. The highest BCUT2D eigenvalue weighted by Gasteiger charge is 2.01. The number of aromatic nitrogens is 1. The van der Waals surface area contributed by atoms with Crippen molar-refractivity contribution in [1.29, 1.82) is 0 Å². The maximum absolute atomic E-state index is 5.79. The summed E-state index contributed by atoms with van der Waals surface area (Å²) < 4.78 is 11.1. The molecular formula is C14H14ClNO2. The lowest BCUT2D eigenvalue weighted by molar-refractivity contribution is 0.216. The van der Waals surface area contributed by atoms with Crippen LogP contribution < -0.4 is 9.47 Å². The fraction of sp³-hybridized carbons (Fsp3) is 0.214. The Bertz CT molecular complexity index is 476. The minimum Gasteiger partial charge on any atom is -0.490 e. The SMILES string of the molecule is ClCc1cnccc1OCCOc1ccccc1. The van der Waals surface area contributed by atoms with Crippen LogP contribution >= 0.6 is 11.6 Å². The van der Waals surface area contributed by atoms with Gasteiger partial charge in [0.05, 0.1) is 5.88 Å². The van der Waals surface area contributed by atoms with E-state index >= 15 is 0 Å². The van der Waals surface area contributed by atoms with Gasteiger partial charge in [0.2, 0.25) is 0 Å². The van der Waals surface area contributed by atoms with Gasteiger partial charge < -0.3 is 9.47 Å². The first-order valence-electron chi connectivity index (χ1n) is 5.69. The lowest BCUT2D eigenvalue weighted by atomic mass is 10.3.